The molecule has 0 bridgehead atoms. The van der Waals surface area contributed by atoms with Gasteiger partial charge in [0.15, 0.2) is 11.5 Å². The minimum atomic E-state index is -0.897. The van der Waals surface area contributed by atoms with E-state index in [1.54, 1.807) is 6.92 Å². The Kier molecular flexibility index (Phi) is 4.01. The summed E-state index contributed by atoms with van der Waals surface area (Å²) in [6.45, 7) is 1.58. The Morgan fingerprint density at radius 1 is 1.56 bits per heavy atom. The second-order valence-electron chi connectivity index (χ2n) is 3.56. The van der Waals surface area contributed by atoms with Gasteiger partial charge in [0.1, 0.15) is 0 Å². The molecule has 0 aliphatic rings. The molecule has 0 aliphatic heterocycles. The zero-order valence-electron chi connectivity index (χ0n) is 9.03. The molecule has 1 atom stereocenters. The van der Waals surface area contributed by atoms with Gasteiger partial charge < -0.3 is 14.9 Å². The van der Waals surface area contributed by atoms with Crippen molar-refractivity contribution in [2.75, 3.05) is 7.11 Å². The molecule has 88 valence electrons. The Morgan fingerprint density at radius 3 is 2.69 bits per heavy atom. The van der Waals surface area contributed by atoms with Crippen LogP contribution in [0, 0.1) is 5.92 Å². The van der Waals surface area contributed by atoms with Gasteiger partial charge >= 0.3 is 5.97 Å². The minimum absolute atomic E-state index is 0.0421. The van der Waals surface area contributed by atoms with Crippen LogP contribution in [0.2, 0.25) is 5.02 Å². The predicted octanol–water partition coefficient (Wildman–Crippen LogP) is 2.32. The number of hydrogen-bond donors (Lipinski definition) is 2. The van der Waals surface area contributed by atoms with Crippen molar-refractivity contribution >= 4 is 17.6 Å². The van der Waals surface area contributed by atoms with Crippen molar-refractivity contribution in [3.63, 3.8) is 0 Å². The largest absolute Gasteiger partial charge is 0.504 e. The molecule has 2 N–H and O–H groups in total. The fraction of sp³-hybridized carbons (Fsp3) is 0.364. The molecule has 1 aromatic carbocycles. The smallest absolute Gasteiger partial charge is 0.306 e. The van der Waals surface area contributed by atoms with Crippen LogP contribution in [0.4, 0.5) is 0 Å². The van der Waals surface area contributed by atoms with E-state index in [0.717, 1.165) is 0 Å². The molecule has 0 heterocycles. The van der Waals surface area contributed by atoms with E-state index in [4.69, 9.17) is 21.4 Å². The second-order valence-corrected chi connectivity index (χ2v) is 3.97. The van der Waals surface area contributed by atoms with Crippen LogP contribution >= 0.6 is 11.6 Å². The SMILES string of the molecule is COc1cc(Cl)c(CC(C)C(=O)O)cc1O. The van der Waals surface area contributed by atoms with Gasteiger partial charge in [-0.15, -0.1) is 0 Å². The first-order chi connectivity index (χ1) is 7.45. The second kappa shape index (κ2) is 5.07. The van der Waals surface area contributed by atoms with Gasteiger partial charge in [-0.1, -0.05) is 18.5 Å². The van der Waals surface area contributed by atoms with E-state index in [-0.39, 0.29) is 17.9 Å². The Morgan fingerprint density at radius 2 is 2.19 bits per heavy atom. The first-order valence-electron chi connectivity index (χ1n) is 4.74. The fourth-order valence-electron chi connectivity index (χ4n) is 1.32. The van der Waals surface area contributed by atoms with Crippen molar-refractivity contribution in [3.05, 3.63) is 22.7 Å². The van der Waals surface area contributed by atoms with Crippen molar-refractivity contribution in [1.29, 1.82) is 0 Å². The normalized spacial score (nSPS) is 12.2. The molecular formula is C11H13ClO4. The average molecular weight is 245 g/mol. The highest BCUT2D eigenvalue weighted by Crippen LogP contribution is 2.33. The van der Waals surface area contributed by atoms with Crippen LogP contribution in [-0.4, -0.2) is 23.3 Å². The number of carboxylic acid groups (broad SMARTS) is 1. The van der Waals surface area contributed by atoms with Crippen LogP contribution in [0.3, 0.4) is 0 Å². The highest BCUT2D eigenvalue weighted by atomic mass is 35.5. The Labute approximate surface area is 98.4 Å². The van der Waals surface area contributed by atoms with E-state index in [1.807, 2.05) is 0 Å². The third-order valence-corrected chi connectivity index (χ3v) is 2.65. The molecule has 16 heavy (non-hydrogen) atoms. The number of carbonyl (C=O) groups is 1. The van der Waals surface area contributed by atoms with Gasteiger partial charge in [0.05, 0.1) is 13.0 Å². The Bertz CT molecular complexity index is 403. The zero-order chi connectivity index (χ0) is 12.3. The van der Waals surface area contributed by atoms with E-state index >= 15 is 0 Å². The number of aliphatic carboxylic acids is 1. The number of halogens is 1. The summed E-state index contributed by atoms with van der Waals surface area (Å²) in [7, 11) is 1.42. The van der Waals surface area contributed by atoms with E-state index in [2.05, 4.69) is 0 Å². The van der Waals surface area contributed by atoms with Crippen LogP contribution in [0.1, 0.15) is 12.5 Å². The molecule has 0 spiro atoms. The number of phenolic OH excluding ortho intramolecular Hbond substituents is 1. The molecule has 0 amide bonds. The van der Waals surface area contributed by atoms with Crippen LogP contribution in [0.5, 0.6) is 11.5 Å². The highest BCUT2D eigenvalue weighted by molar-refractivity contribution is 6.31. The average Bonchev–Trinajstić information content (AvgIpc) is 2.22. The van der Waals surface area contributed by atoms with Gasteiger partial charge in [0.25, 0.3) is 0 Å². The quantitative estimate of drug-likeness (QED) is 0.853. The number of carboxylic acids is 1. The maximum absolute atomic E-state index is 10.7. The maximum Gasteiger partial charge on any atom is 0.306 e. The van der Waals surface area contributed by atoms with Gasteiger partial charge in [-0.3, -0.25) is 4.79 Å². The van der Waals surface area contributed by atoms with Crippen LogP contribution in [0.25, 0.3) is 0 Å². The molecule has 0 aromatic heterocycles. The number of hydrogen-bond acceptors (Lipinski definition) is 3. The number of methoxy groups -OCH3 is 1. The lowest BCUT2D eigenvalue weighted by atomic mass is 10.0. The monoisotopic (exact) mass is 244 g/mol. The Balaban J connectivity index is 2.98. The lowest BCUT2D eigenvalue weighted by molar-refractivity contribution is -0.141. The fourth-order valence-corrected chi connectivity index (χ4v) is 1.55. The van der Waals surface area contributed by atoms with Crippen molar-refractivity contribution in [3.8, 4) is 11.5 Å². The molecule has 0 saturated carbocycles. The summed E-state index contributed by atoms with van der Waals surface area (Å²) >= 11 is 5.94. The molecule has 5 heteroatoms. The molecular weight excluding hydrogens is 232 g/mol. The summed E-state index contributed by atoms with van der Waals surface area (Å²) in [4.78, 5) is 10.7. The standard InChI is InChI=1S/C11H13ClO4/c1-6(11(14)15)3-7-4-9(13)10(16-2)5-8(7)12/h4-6,13H,3H2,1-2H3,(H,14,15). The summed E-state index contributed by atoms with van der Waals surface area (Å²) in [5.74, 6) is -1.21. The van der Waals surface area contributed by atoms with E-state index < -0.39 is 11.9 Å². The van der Waals surface area contributed by atoms with Crippen molar-refractivity contribution < 1.29 is 19.7 Å². The van der Waals surface area contributed by atoms with Gasteiger partial charge in [0.2, 0.25) is 0 Å². The molecule has 0 saturated heterocycles. The molecule has 1 rings (SSSR count). The molecule has 0 radical (unpaired) electrons. The summed E-state index contributed by atoms with van der Waals surface area (Å²) in [6.07, 6.45) is 0.270. The lowest BCUT2D eigenvalue weighted by Crippen LogP contribution is -2.12. The van der Waals surface area contributed by atoms with E-state index in [1.165, 1.54) is 19.2 Å². The number of aromatic hydroxyl groups is 1. The summed E-state index contributed by atoms with van der Waals surface area (Å²) in [5, 5.41) is 18.7. The summed E-state index contributed by atoms with van der Waals surface area (Å²) in [5.41, 5.74) is 0.592. The summed E-state index contributed by atoms with van der Waals surface area (Å²) < 4.78 is 4.88. The van der Waals surface area contributed by atoms with Crippen molar-refractivity contribution in [2.24, 2.45) is 5.92 Å². The number of phenols is 1. The predicted molar refractivity (Wildman–Crippen MR) is 60.2 cm³/mol. The first-order valence-corrected chi connectivity index (χ1v) is 5.11. The summed E-state index contributed by atoms with van der Waals surface area (Å²) in [6, 6.07) is 2.90. The van der Waals surface area contributed by atoms with Crippen molar-refractivity contribution in [1.82, 2.24) is 0 Å². The van der Waals surface area contributed by atoms with Crippen molar-refractivity contribution in [2.45, 2.75) is 13.3 Å². The van der Waals surface area contributed by atoms with Gasteiger partial charge in [-0.2, -0.15) is 0 Å². The highest BCUT2D eigenvalue weighted by Gasteiger charge is 2.15. The van der Waals surface area contributed by atoms with Crippen LogP contribution < -0.4 is 4.74 Å². The van der Waals surface area contributed by atoms with Gasteiger partial charge in [-0.25, -0.2) is 0 Å². The van der Waals surface area contributed by atoms with E-state index in [0.29, 0.717) is 10.6 Å². The lowest BCUT2D eigenvalue weighted by Gasteiger charge is -2.11. The number of rotatable bonds is 4. The Hall–Kier alpha value is -1.42. The first kappa shape index (κ1) is 12.6. The molecule has 1 unspecified atom stereocenters. The third-order valence-electron chi connectivity index (χ3n) is 2.30. The molecule has 0 fully saturated rings. The van der Waals surface area contributed by atoms with Gasteiger partial charge in [0, 0.05) is 11.1 Å². The van der Waals surface area contributed by atoms with Crippen LogP contribution in [0.15, 0.2) is 12.1 Å². The number of benzene rings is 1. The van der Waals surface area contributed by atoms with E-state index in [9.17, 15) is 9.90 Å². The maximum atomic E-state index is 10.7. The number of ether oxygens (including phenoxy) is 1. The topological polar surface area (TPSA) is 66.8 Å². The zero-order valence-corrected chi connectivity index (χ0v) is 9.78. The molecule has 1 aromatic rings. The van der Waals surface area contributed by atoms with Gasteiger partial charge in [-0.05, 0) is 18.1 Å². The third kappa shape index (κ3) is 2.79. The molecule has 0 aliphatic carbocycles. The molecule has 4 nitrogen and oxygen atoms in total. The minimum Gasteiger partial charge on any atom is -0.504 e. The van der Waals surface area contributed by atoms with Crippen LogP contribution in [-0.2, 0) is 11.2 Å².